The van der Waals surface area contributed by atoms with E-state index in [9.17, 15) is 13.2 Å². The molecule has 1 unspecified atom stereocenters. The van der Waals surface area contributed by atoms with Crippen LogP contribution in [0.25, 0.3) is 0 Å². The third-order valence-corrected chi connectivity index (χ3v) is 2.71. The zero-order valence-electron chi connectivity index (χ0n) is 7.93. The Hall–Kier alpha value is -0.660. The Bertz CT molecular complexity index is 272. The highest BCUT2D eigenvalue weighted by Crippen LogP contribution is 1.94. The van der Waals surface area contributed by atoms with Crippen molar-refractivity contribution in [2.45, 2.75) is 25.9 Å². The molecule has 0 rings (SSSR count). The van der Waals surface area contributed by atoms with Gasteiger partial charge in [-0.15, -0.1) is 0 Å². The summed E-state index contributed by atoms with van der Waals surface area (Å²) < 4.78 is 24.0. The fraction of sp³-hybridized carbons (Fsp3) is 0.857. The first-order chi connectivity index (χ1) is 6.33. The highest BCUT2D eigenvalue weighted by Gasteiger charge is 2.14. The van der Waals surface area contributed by atoms with E-state index in [1.54, 1.807) is 6.92 Å². The van der Waals surface area contributed by atoms with Crippen LogP contribution in [-0.2, 0) is 14.8 Å². The van der Waals surface area contributed by atoms with Crippen molar-refractivity contribution in [3.05, 3.63) is 0 Å². The molecule has 0 aromatic heterocycles. The molecule has 14 heavy (non-hydrogen) atoms. The zero-order chi connectivity index (χ0) is 11.2. The minimum absolute atomic E-state index is 0.153. The Morgan fingerprint density at radius 3 is 2.50 bits per heavy atom. The lowest BCUT2D eigenvalue weighted by molar-refractivity contribution is -0.134. The first-order valence-corrected chi connectivity index (χ1v) is 5.86. The minimum atomic E-state index is -3.71. The third-order valence-electron chi connectivity index (χ3n) is 1.43. The second kappa shape index (κ2) is 5.94. The van der Waals surface area contributed by atoms with Gasteiger partial charge in [0.25, 0.3) is 0 Å². The number of carbonyl (C=O) groups is 1. The normalized spacial score (nSPS) is 13.9. The lowest BCUT2D eigenvalue weighted by Crippen LogP contribution is -2.31. The number of aliphatic hydroxyl groups is 1. The van der Waals surface area contributed by atoms with E-state index < -0.39 is 27.8 Å². The SMILES string of the molecule is CC(O)CCCNS(=O)(=O)CC(=O)O. The number of carboxylic acids is 1. The van der Waals surface area contributed by atoms with Crippen LogP contribution >= 0.6 is 0 Å². The molecule has 84 valence electrons. The van der Waals surface area contributed by atoms with Gasteiger partial charge in [-0.3, -0.25) is 4.79 Å². The van der Waals surface area contributed by atoms with Gasteiger partial charge in [-0.2, -0.15) is 0 Å². The van der Waals surface area contributed by atoms with Gasteiger partial charge < -0.3 is 10.2 Å². The van der Waals surface area contributed by atoms with Gasteiger partial charge in [0.2, 0.25) is 10.0 Å². The number of rotatable bonds is 7. The molecule has 0 bridgehead atoms. The van der Waals surface area contributed by atoms with Crippen molar-refractivity contribution in [2.75, 3.05) is 12.3 Å². The van der Waals surface area contributed by atoms with Crippen molar-refractivity contribution in [2.24, 2.45) is 0 Å². The monoisotopic (exact) mass is 225 g/mol. The van der Waals surface area contributed by atoms with Crippen molar-refractivity contribution in [1.29, 1.82) is 0 Å². The van der Waals surface area contributed by atoms with Crippen molar-refractivity contribution in [3.63, 3.8) is 0 Å². The van der Waals surface area contributed by atoms with Crippen LogP contribution in [0.3, 0.4) is 0 Å². The molecule has 0 amide bonds. The molecule has 0 aliphatic heterocycles. The summed E-state index contributed by atoms with van der Waals surface area (Å²) in [6.07, 6.45) is 0.491. The van der Waals surface area contributed by atoms with E-state index in [2.05, 4.69) is 4.72 Å². The predicted molar refractivity (Wildman–Crippen MR) is 50.3 cm³/mol. The van der Waals surface area contributed by atoms with E-state index >= 15 is 0 Å². The molecule has 6 nitrogen and oxygen atoms in total. The van der Waals surface area contributed by atoms with Gasteiger partial charge in [0.05, 0.1) is 6.10 Å². The van der Waals surface area contributed by atoms with Gasteiger partial charge in [0.1, 0.15) is 0 Å². The van der Waals surface area contributed by atoms with E-state index in [-0.39, 0.29) is 6.54 Å². The molecule has 3 N–H and O–H groups in total. The summed E-state index contributed by atoms with van der Waals surface area (Å²) in [5, 5.41) is 17.1. The Kier molecular flexibility index (Phi) is 5.66. The van der Waals surface area contributed by atoms with E-state index in [0.29, 0.717) is 12.8 Å². The summed E-state index contributed by atoms with van der Waals surface area (Å²) >= 11 is 0. The molecular formula is C7H15NO5S. The van der Waals surface area contributed by atoms with Crippen molar-refractivity contribution < 1.29 is 23.4 Å². The fourth-order valence-electron chi connectivity index (χ4n) is 0.839. The number of aliphatic carboxylic acids is 1. The number of hydrogen-bond acceptors (Lipinski definition) is 4. The first-order valence-electron chi connectivity index (χ1n) is 4.20. The topological polar surface area (TPSA) is 104 Å². The van der Waals surface area contributed by atoms with Crippen LogP contribution in [0.4, 0.5) is 0 Å². The highest BCUT2D eigenvalue weighted by atomic mass is 32.2. The number of sulfonamides is 1. The zero-order valence-corrected chi connectivity index (χ0v) is 8.75. The molecule has 0 aliphatic rings. The maximum Gasteiger partial charge on any atom is 0.320 e. The summed E-state index contributed by atoms with van der Waals surface area (Å²) in [6, 6.07) is 0. The number of aliphatic hydroxyl groups excluding tert-OH is 1. The Morgan fingerprint density at radius 1 is 1.50 bits per heavy atom. The smallest absolute Gasteiger partial charge is 0.320 e. The van der Waals surface area contributed by atoms with Crippen LogP contribution in [0.5, 0.6) is 0 Å². The van der Waals surface area contributed by atoms with E-state index in [1.165, 1.54) is 0 Å². The predicted octanol–water partition coefficient (Wildman–Crippen LogP) is -0.849. The lowest BCUT2D eigenvalue weighted by atomic mass is 10.2. The Morgan fingerprint density at radius 2 is 2.07 bits per heavy atom. The Labute approximate surface area is 83.0 Å². The van der Waals surface area contributed by atoms with Gasteiger partial charge in [-0.25, -0.2) is 13.1 Å². The van der Waals surface area contributed by atoms with Crippen LogP contribution in [-0.4, -0.2) is 43.0 Å². The molecule has 0 saturated carbocycles. The molecule has 0 fully saturated rings. The molecule has 1 atom stereocenters. The van der Waals surface area contributed by atoms with Gasteiger partial charge in [0, 0.05) is 6.54 Å². The molecule has 0 aromatic rings. The molecule has 0 aliphatic carbocycles. The summed E-state index contributed by atoms with van der Waals surface area (Å²) in [7, 11) is -3.71. The molecule has 0 heterocycles. The first kappa shape index (κ1) is 13.3. The van der Waals surface area contributed by atoms with Gasteiger partial charge in [-0.1, -0.05) is 0 Å². The quantitative estimate of drug-likeness (QED) is 0.490. The molecule has 0 saturated heterocycles. The van der Waals surface area contributed by atoms with E-state index in [4.69, 9.17) is 10.2 Å². The second-order valence-electron chi connectivity index (χ2n) is 3.04. The summed E-state index contributed by atoms with van der Waals surface area (Å²) in [4.78, 5) is 10.1. The van der Waals surface area contributed by atoms with E-state index in [1.807, 2.05) is 0 Å². The summed E-state index contributed by atoms with van der Waals surface area (Å²) in [5.41, 5.74) is 0. The van der Waals surface area contributed by atoms with Crippen molar-refractivity contribution >= 4 is 16.0 Å². The van der Waals surface area contributed by atoms with Crippen LogP contribution in [0.2, 0.25) is 0 Å². The molecule has 0 aromatic carbocycles. The standard InChI is InChI=1S/C7H15NO5S/c1-6(9)3-2-4-8-14(12,13)5-7(10)11/h6,8-9H,2-5H2,1H3,(H,10,11). The minimum Gasteiger partial charge on any atom is -0.480 e. The maximum atomic E-state index is 10.9. The maximum absolute atomic E-state index is 10.9. The fourth-order valence-corrected chi connectivity index (χ4v) is 1.72. The lowest BCUT2D eigenvalue weighted by Gasteiger charge is -2.05. The molecule has 0 radical (unpaired) electrons. The largest absolute Gasteiger partial charge is 0.480 e. The van der Waals surface area contributed by atoms with Crippen LogP contribution in [0, 0.1) is 0 Å². The van der Waals surface area contributed by atoms with E-state index in [0.717, 1.165) is 0 Å². The molecular weight excluding hydrogens is 210 g/mol. The van der Waals surface area contributed by atoms with Crippen molar-refractivity contribution in [1.82, 2.24) is 4.72 Å². The van der Waals surface area contributed by atoms with Crippen LogP contribution in [0.15, 0.2) is 0 Å². The van der Waals surface area contributed by atoms with Gasteiger partial charge in [0.15, 0.2) is 5.75 Å². The third kappa shape index (κ3) is 7.96. The number of carboxylic acid groups (broad SMARTS) is 1. The van der Waals surface area contributed by atoms with Crippen molar-refractivity contribution in [3.8, 4) is 0 Å². The van der Waals surface area contributed by atoms with Gasteiger partial charge in [-0.05, 0) is 19.8 Å². The van der Waals surface area contributed by atoms with Gasteiger partial charge >= 0.3 is 5.97 Å². The van der Waals surface area contributed by atoms with Crippen LogP contribution in [0.1, 0.15) is 19.8 Å². The number of nitrogens with one attached hydrogen (secondary N) is 1. The highest BCUT2D eigenvalue weighted by molar-refractivity contribution is 7.90. The summed E-state index contributed by atoms with van der Waals surface area (Å²) in [6.45, 7) is 1.76. The molecule has 7 heteroatoms. The summed E-state index contributed by atoms with van der Waals surface area (Å²) in [5.74, 6) is -2.30. The van der Waals surface area contributed by atoms with Crippen LogP contribution < -0.4 is 4.72 Å². The number of hydrogen-bond donors (Lipinski definition) is 3. The second-order valence-corrected chi connectivity index (χ2v) is 4.85. The average molecular weight is 225 g/mol. The molecule has 0 spiro atoms. The average Bonchev–Trinajstić information content (AvgIpc) is 1.95. The Balaban J connectivity index is 3.72.